The van der Waals surface area contributed by atoms with E-state index in [-0.39, 0.29) is 6.10 Å². The number of hydrogen-bond acceptors (Lipinski definition) is 2. The molecule has 3 nitrogen and oxygen atoms in total. The fourth-order valence-electron chi connectivity index (χ4n) is 2.25. The first-order valence-corrected chi connectivity index (χ1v) is 6.33. The molecule has 0 unspecified atom stereocenters. The third-order valence-corrected chi connectivity index (χ3v) is 3.17. The third-order valence-electron chi connectivity index (χ3n) is 3.17. The maximum Gasteiger partial charge on any atom is 0.328 e. The number of aliphatic carboxylic acids is 1. The summed E-state index contributed by atoms with van der Waals surface area (Å²) in [6, 6.07) is 5.86. The van der Waals surface area contributed by atoms with E-state index >= 15 is 0 Å². The SMILES string of the molecule is Cc1ccc(OC2CCCC2)c(/C=C/C(=O)O)c1. The number of ether oxygens (including phenoxy) is 1. The zero-order valence-corrected chi connectivity index (χ0v) is 10.6. The summed E-state index contributed by atoms with van der Waals surface area (Å²) >= 11 is 0. The van der Waals surface area contributed by atoms with Gasteiger partial charge in [-0.25, -0.2) is 4.79 Å². The van der Waals surface area contributed by atoms with E-state index in [2.05, 4.69) is 0 Å². The molecule has 18 heavy (non-hydrogen) atoms. The molecule has 0 aliphatic heterocycles. The van der Waals surface area contributed by atoms with E-state index in [0.29, 0.717) is 0 Å². The molecule has 0 radical (unpaired) electrons. The van der Waals surface area contributed by atoms with Crippen molar-refractivity contribution < 1.29 is 14.6 Å². The summed E-state index contributed by atoms with van der Waals surface area (Å²) in [5, 5.41) is 8.69. The first kappa shape index (κ1) is 12.7. The molecule has 0 aromatic heterocycles. The van der Waals surface area contributed by atoms with Crippen molar-refractivity contribution in [2.24, 2.45) is 0 Å². The second-order valence-corrected chi connectivity index (χ2v) is 4.74. The summed E-state index contributed by atoms with van der Waals surface area (Å²) in [6.45, 7) is 1.98. The van der Waals surface area contributed by atoms with Gasteiger partial charge in [0.1, 0.15) is 5.75 Å². The maximum absolute atomic E-state index is 10.6. The second kappa shape index (κ2) is 5.71. The van der Waals surface area contributed by atoms with Crippen LogP contribution in [-0.4, -0.2) is 17.2 Å². The van der Waals surface area contributed by atoms with Crippen LogP contribution in [0.5, 0.6) is 5.75 Å². The normalized spacial score (nSPS) is 16.3. The molecule has 3 heteroatoms. The standard InChI is InChI=1S/C15H18O3/c1-11-6-8-14(18-13-4-2-3-5-13)12(10-11)7-9-15(16)17/h6-10,13H,2-5H2,1H3,(H,16,17)/b9-7+. The van der Waals surface area contributed by atoms with Crippen LogP contribution >= 0.6 is 0 Å². The fraction of sp³-hybridized carbons (Fsp3) is 0.400. The predicted octanol–water partition coefficient (Wildman–Crippen LogP) is 3.41. The molecule has 0 saturated heterocycles. The van der Waals surface area contributed by atoms with Crippen LogP contribution < -0.4 is 4.74 Å². The van der Waals surface area contributed by atoms with Crippen molar-refractivity contribution >= 4 is 12.0 Å². The Hall–Kier alpha value is -1.77. The Morgan fingerprint density at radius 3 is 2.78 bits per heavy atom. The molecule has 0 amide bonds. The molecule has 0 spiro atoms. The quantitative estimate of drug-likeness (QED) is 0.828. The molecule has 1 fully saturated rings. The van der Waals surface area contributed by atoms with Gasteiger partial charge in [0.05, 0.1) is 6.10 Å². The highest BCUT2D eigenvalue weighted by Gasteiger charge is 2.17. The van der Waals surface area contributed by atoms with Gasteiger partial charge in [-0.1, -0.05) is 11.6 Å². The van der Waals surface area contributed by atoms with Gasteiger partial charge in [-0.15, -0.1) is 0 Å². The fourth-order valence-corrected chi connectivity index (χ4v) is 2.25. The van der Waals surface area contributed by atoms with Crippen molar-refractivity contribution in [3.63, 3.8) is 0 Å². The molecular formula is C15H18O3. The van der Waals surface area contributed by atoms with Gasteiger partial charge in [0.2, 0.25) is 0 Å². The van der Waals surface area contributed by atoms with Gasteiger partial charge < -0.3 is 9.84 Å². The van der Waals surface area contributed by atoms with Gasteiger partial charge in [-0.3, -0.25) is 0 Å². The van der Waals surface area contributed by atoms with E-state index in [1.165, 1.54) is 12.8 Å². The first-order valence-electron chi connectivity index (χ1n) is 6.33. The smallest absolute Gasteiger partial charge is 0.328 e. The third kappa shape index (κ3) is 3.36. The summed E-state index contributed by atoms with van der Waals surface area (Å²) in [5.74, 6) is -0.159. The predicted molar refractivity (Wildman–Crippen MR) is 70.7 cm³/mol. The number of benzene rings is 1. The molecule has 1 aliphatic rings. The van der Waals surface area contributed by atoms with Crippen molar-refractivity contribution in [3.05, 3.63) is 35.4 Å². The largest absolute Gasteiger partial charge is 0.490 e. The van der Waals surface area contributed by atoms with Crippen molar-refractivity contribution in [1.29, 1.82) is 0 Å². The topological polar surface area (TPSA) is 46.5 Å². The molecule has 1 aromatic carbocycles. The molecule has 0 heterocycles. The van der Waals surface area contributed by atoms with Crippen molar-refractivity contribution in [2.45, 2.75) is 38.7 Å². The number of aryl methyl sites for hydroxylation is 1. The number of carboxylic acids is 1. The minimum atomic E-state index is -0.941. The lowest BCUT2D eigenvalue weighted by atomic mass is 10.1. The lowest BCUT2D eigenvalue weighted by Crippen LogP contribution is -2.11. The number of hydrogen-bond donors (Lipinski definition) is 1. The molecule has 1 aliphatic carbocycles. The Kier molecular flexibility index (Phi) is 4.03. The highest BCUT2D eigenvalue weighted by atomic mass is 16.5. The minimum absolute atomic E-state index is 0.282. The Labute approximate surface area is 107 Å². The zero-order chi connectivity index (χ0) is 13.0. The van der Waals surface area contributed by atoms with Crippen molar-refractivity contribution in [3.8, 4) is 5.75 Å². The van der Waals surface area contributed by atoms with Gasteiger partial charge >= 0.3 is 5.97 Å². The van der Waals surface area contributed by atoms with E-state index in [1.807, 2.05) is 25.1 Å². The Balaban J connectivity index is 2.19. The van der Waals surface area contributed by atoms with Crippen LogP contribution in [0.4, 0.5) is 0 Å². The van der Waals surface area contributed by atoms with Gasteiger partial charge in [-0.2, -0.15) is 0 Å². The molecule has 1 saturated carbocycles. The molecule has 1 N–H and O–H groups in total. The molecule has 1 aromatic rings. The lowest BCUT2D eigenvalue weighted by molar-refractivity contribution is -0.131. The number of carbonyl (C=O) groups is 1. The Morgan fingerprint density at radius 1 is 1.39 bits per heavy atom. The van der Waals surface area contributed by atoms with E-state index in [0.717, 1.165) is 35.8 Å². The highest BCUT2D eigenvalue weighted by molar-refractivity contribution is 5.85. The minimum Gasteiger partial charge on any atom is -0.490 e. The maximum atomic E-state index is 10.6. The number of carboxylic acid groups (broad SMARTS) is 1. The van der Waals surface area contributed by atoms with E-state index in [9.17, 15) is 4.79 Å². The van der Waals surface area contributed by atoms with Crippen LogP contribution in [0, 0.1) is 6.92 Å². The summed E-state index contributed by atoms with van der Waals surface area (Å²) < 4.78 is 5.95. The summed E-state index contributed by atoms with van der Waals surface area (Å²) in [5.41, 5.74) is 1.93. The summed E-state index contributed by atoms with van der Waals surface area (Å²) in [7, 11) is 0. The van der Waals surface area contributed by atoms with Gasteiger partial charge in [0.15, 0.2) is 0 Å². The van der Waals surface area contributed by atoms with Crippen molar-refractivity contribution in [1.82, 2.24) is 0 Å². The van der Waals surface area contributed by atoms with Gasteiger partial charge in [0.25, 0.3) is 0 Å². The lowest BCUT2D eigenvalue weighted by Gasteiger charge is -2.15. The molecule has 0 bridgehead atoms. The average Bonchev–Trinajstić information content (AvgIpc) is 2.82. The van der Waals surface area contributed by atoms with E-state index < -0.39 is 5.97 Å². The molecular weight excluding hydrogens is 228 g/mol. The van der Waals surface area contributed by atoms with Crippen LogP contribution in [-0.2, 0) is 4.79 Å². The average molecular weight is 246 g/mol. The zero-order valence-electron chi connectivity index (χ0n) is 10.6. The highest BCUT2D eigenvalue weighted by Crippen LogP contribution is 2.28. The number of rotatable bonds is 4. The molecule has 96 valence electrons. The van der Waals surface area contributed by atoms with Crippen LogP contribution in [0.3, 0.4) is 0 Å². The van der Waals surface area contributed by atoms with E-state index in [1.54, 1.807) is 6.08 Å². The van der Waals surface area contributed by atoms with Crippen LogP contribution in [0.15, 0.2) is 24.3 Å². The first-order chi connectivity index (χ1) is 8.65. The second-order valence-electron chi connectivity index (χ2n) is 4.74. The Morgan fingerprint density at radius 2 is 2.11 bits per heavy atom. The molecule has 0 atom stereocenters. The van der Waals surface area contributed by atoms with Crippen molar-refractivity contribution in [2.75, 3.05) is 0 Å². The van der Waals surface area contributed by atoms with Crippen LogP contribution in [0.1, 0.15) is 36.8 Å². The van der Waals surface area contributed by atoms with Gasteiger partial charge in [0, 0.05) is 11.6 Å². The molecule has 2 rings (SSSR count). The van der Waals surface area contributed by atoms with Crippen LogP contribution in [0.2, 0.25) is 0 Å². The summed E-state index contributed by atoms with van der Waals surface area (Å²) in [6.07, 6.45) is 7.65. The van der Waals surface area contributed by atoms with Gasteiger partial charge in [-0.05, 0) is 50.8 Å². The van der Waals surface area contributed by atoms with Crippen LogP contribution in [0.25, 0.3) is 6.08 Å². The monoisotopic (exact) mass is 246 g/mol. The summed E-state index contributed by atoms with van der Waals surface area (Å²) in [4.78, 5) is 10.6. The van der Waals surface area contributed by atoms with E-state index in [4.69, 9.17) is 9.84 Å². The Bertz CT molecular complexity index is 457.